The van der Waals surface area contributed by atoms with Crippen LogP contribution in [-0.2, 0) is 0 Å². The van der Waals surface area contributed by atoms with Crippen molar-refractivity contribution in [1.82, 2.24) is 5.32 Å². The van der Waals surface area contributed by atoms with Gasteiger partial charge in [0, 0.05) is 6.54 Å². The second kappa shape index (κ2) is 6.65. The monoisotopic (exact) mass is 235 g/mol. The van der Waals surface area contributed by atoms with Gasteiger partial charge in [-0.15, -0.1) is 0 Å². The minimum Gasteiger partial charge on any atom is -0.492 e. The van der Waals surface area contributed by atoms with Gasteiger partial charge in [-0.3, -0.25) is 0 Å². The zero-order valence-corrected chi connectivity index (χ0v) is 11.7. The molecule has 1 rings (SSSR count). The fourth-order valence-electron chi connectivity index (χ4n) is 1.90. The molecule has 0 bridgehead atoms. The topological polar surface area (TPSA) is 21.3 Å². The van der Waals surface area contributed by atoms with Crippen LogP contribution >= 0.6 is 0 Å². The lowest BCUT2D eigenvalue weighted by Gasteiger charge is -2.19. The van der Waals surface area contributed by atoms with Crippen LogP contribution in [0.4, 0.5) is 0 Å². The summed E-state index contributed by atoms with van der Waals surface area (Å²) in [7, 11) is 1.95. The maximum Gasteiger partial charge on any atom is 0.126 e. The number of hydrogen-bond acceptors (Lipinski definition) is 2. The Kier molecular flexibility index (Phi) is 5.49. The summed E-state index contributed by atoms with van der Waals surface area (Å²) >= 11 is 0. The first kappa shape index (κ1) is 14.0. The minimum absolute atomic E-state index is 0.498. The molecule has 0 heterocycles. The zero-order chi connectivity index (χ0) is 12.8. The molecule has 0 amide bonds. The van der Waals surface area contributed by atoms with Gasteiger partial charge in [0.15, 0.2) is 0 Å². The van der Waals surface area contributed by atoms with Crippen molar-refractivity contribution in [1.29, 1.82) is 0 Å². The smallest absolute Gasteiger partial charge is 0.126 e. The summed E-state index contributed by atoms with van der Waals surface area (Å²) in [6, 6.07) is 6.48. The molecule has 96 valence electrons. The van der Waals surface area contributed by atoms with E-state index in [0.29, 0.717) is 11.8 Å². The zero-order valence-electron chi connectivity index (χ0n) is 11.7. The highest BCUT2D eigenvalue weighted by Crippen LogP contribution is 2.34. The molecule has 1 aromatic carbocycles. The number of ether oxygens (including phenoxy) is 1. The predicted molar refractivity (Wildman–Crippen MR) is 74.0 cm³/mol. The highest BCUT2D eigenvalue weighted by molar-refractivity contribution is 5.44. The number of rotatable bonds is 6. The van der Waals surface area contributed by atoms with Gasteiger partial charge in [-0.1, -0.05) is 45.9 Å². The van der Waals surface area contributed by atoms with E-state index in [1.165, 1.54) is 11.1 Å². The quantitative estimate of drug-likeness (QED) is 0.762. The van der Waals surface area contributed by atoms with Gasteiger partial charge >= 0.3 is 0 Å². The first-order chi connectivity index (χ1) is 8.07. The first-order valence-electron chi connectivity index (χ1n) is 6.48. The lowest BCUT2D eigenvalue weighted by molar-refractivity contribution is 0.309. The highest BCUT2D eigenvalue weighted by atomic mass is 16.5. The van der Waals surface area contributed by atoms with Gasteiger partial charge in [-0.2, -0.15) is 0 Å². The molecule has 0 atom stereocenters. The Labute approximate surface area is 105 Å². The predicted octanol–water partition coefficient (Wildman–Crippen LogP) is 3.53. The first-order valence-corrected chi connectivity index (χ1v) is 6.48. The Hall–Kier alpha value is -1.02. The molecule has 0 aromatic heterocycles. The summed E-state index contributed by atoms with van der Waals surface area (Å²) in [5.41, 5.74) is 2.62. The normalized spacial score (nSPS) is 11.2. The molecule has 0 saturated heterocycles. The summed E-state index contributed by atoms with van der Waals surface area (Å²) in [5, 5.41) is 3.11. The number of benzene rings is 1. The molecule has 1 aromatic rings. The Morgan fingerprint density at radius 1 is 1.06 bits per heavy atom. The highest BCUT2D eigenvalue weighted by Gasteiger charge is 2.14. The van der Waals surface area contributed by atoms with E-state index in [2.05, 4.69) is 51.2 Å². The summed E-state index contributed by atoms with van der Waals surface area (Å²) < 4.78 is 5.97. The van der Waals surface area contributed by atoms with Crippen molar-refractivity contribution in [2.75, 3.05) is 20.2 Å². The van der Waals surface area contributed by atoms with Crippen LogP contribution in [0.3, 0.4) is 0 Å². The third kappa shape index (κ3) is 3.74. The SMILES string of the molecule is CNCCOc1c(C(C)C)cccc1C(C)C. The van der Waals surface area contributed by atoms with Crippen molar-refractivity contribution < 1.29 is 4.74 Å². The number of nitrogens with one attached hydrogen (secondary N) is 1. The molecule has 0 fully saturated rings. The van der Waals surface area contributed by atoms with Crippen molar-refractivity contribution in [3.63, 3.8) is 0 Å². The van der Waals surface area contributed by atoms with Crippen LogP contribution in [0.2, 0.25) is 0 Å². The molecule has 17 heavy (non-hydrogen) atoms. The van der Waals surface area contributed by atoms with E-state index < -0.39 is 0 Å². The second-order valence-electron chi connectivity index (χ2n) is 5.03. The van der Waals surface area contributed by atoms with E-state index in [4.69, 9.17) is 4.74 Å². The second-order valence-corrected chi connectivity index (χ2v) is 5.03. The minimum atomic E-state index is 0.498. The van der Waals surface area contributed by atoms with Crippen LogP contribution in [0.25, 0.3) is 0 Å². The Balaban J connectivity index is 3.01. The molecule has 2 nitrogen and oxygen atoms in total. The Morgan fingerprint density at radius 3 is 2.00 bits per heavy atom. The maximum atomic E-state index is 5.97. The molecule has 2 heteroatoms. The van der Waals surface area contributed by atoms with Crippen LogP contribution in [-0.4, -0.2) is 20.2 Å². The van der Waals surface area contributed by atoms with E-state index in [1.54, 1.807) is 0 Å². The fourth-order valence-corrected chi connectivity index (χ4v) is 1.90. The van der Waals surface area contributed by atoms with Gasteiger partial charge < -0.3 is 10.1 Å². The van der Waals surface area contributed by atoms with Gasteiger partial charge in [0.05, 0.1) is 0 Å². The molecule has 0 aliphatic heterocycles. The van der Waals surface area contributed by atoms with Crippen LogP contribution in [0.5, 0.6) is 5.75 Å². The van der Waals surface area contributed by atoms with Gasteiger partial charge in [0.2, 0.25) is 0 Å². The molecule has 0 aliphatic rings. The third-order valence-corrected chi connectivity index (χ3v) is 2.92. The summed E-state index contributed by atoms with van der Waals surface area (Å²) in [6.07, 6.45) is 0. The van der Waals surface area contributed by atoms with E-state index >= 15 is 0 Å². The lowest BCUT2D eigenvalue weighted by atomic mass is 9.94. The van der Waals surface area contributed by atoms with Crippen LogP contribution in [0, 0.1) is 0 Å². The molecule has 0 unspecified atom stereocenters. The molecule has 0 radical (unpaired) electrons. The van der Waals surface area contributed by atoms with Gasteiger partial charge in [0.1, 0.15) is 12.4 Å². The van der Waals surface area contributed by atoms with Crippen molar-refractivity contribution in [2.24, 2.45) is 0 Å². The molecule has 0 aliphatic carbocycles. The number of likely N-dealkylation sites (N-methyl/N-ethyl adjacent to an activating group) is 1. The van der Waals surface area contributed by atoms with Crippen LogP contribution < -0.4 is 10.1 Å². The van der Waals surface area contributed by atoms with Crippen molar-refractivity contribution in [2.45, 2.75) is 39.5 Å². The van der Waals surface area contributed by atoms with Crippen molar-refractivity contribution in [3.8, 4) is 5.75 Å². The van der Waals surface area contributed by atoms with Gasteiger partial charge in [-0.25, -0.2) is 0 Å². The molecular weight excluding hydrogens is 210 g/mol. The maximum absolute atomic E-state index is 5.97. The average molecular weight is 235 g/mol. The van der Waals surface area contributed by atoms with E-state index in [-0.39, 0.29) is 0 Å². The van der Waals surface area contributed by atoms with Gasteiger partial charge in [-0.05, 0) is 30.0 Å². The molecule has 1 N–H and O–H groups in total. The van der Waals surface area contributed by atoms with Crippen LogP contribution in [0.15, 0.2) is 18.2 Å². The average Bonchev–Trinajstić information content (AvgIpc) is 2.28. The summed E-state index contributed by atoms with van der Waals surface area (Å²) in [6.45, 7) is 10.5. The summed E-state index contributed by atoms with van der Waals surface area (Å²) in [5.74, 6) is 2.09. The van der Waals surface area contributed by atoms with E-state index in [9.17, 15) is 0 Å². The third-order valence-electron chi connectivity index (χ3n) is 2.92. The molecule has 0 spiro atoms. The van der Waals surface area contributed by atoms with E-state index in [1.807, 2.05) is 7.05 Å². The van der Waals surface area contributed by atoms with E-state index in [0.717, 1.165) is 18.9 Å². The van der Waals surface area contributed by atoms with Crippen molar-refractivity contribution in [3.05, 3.63) is 29.3 Å². The Bertz CT molecular complexity index is 319. The van der Waals surface area contributed by atoms with Gasteiger partial charge in [0.25, 0.3) is 0 Å². The molecule has 0 saturated carbocycles. The lowest BCUT2D eigenvalue weighted by Crippen LogP contribution is -2.17. The Morgan fingerprint density at radius 2 is 1.59 bits per heavy atom. The molecular formula is C15H25NO. The number of para-hydroxylation sites is 1. The van der Waals surface area contributed by atoms with Crippen LogP contribution in [0.1, 0.15) is 50.7 Å². The summed E-state index contributed by atoms with van der Waals surface area (Å²) in [4.78, 5) is 0. The largest absolute Gasteiger partial charge is 0.492 e. The standard InChI is InChI=1S/C15H25NO/c1-11(2)13-7-6-8-14(12(3)4)15(13)17-10-9-16-5/h6-8,11-12,16H,9-10H2,1-5H3. The number of hydrogen-bond donors (Lipinski definition) is 1. The van der Waals surface area contributed by atoms with Crippen molar-refractivity contribution >= 4 is 0 Å². The fraction of sp³-hybridized carbons (Fsp3) is 0.600.